The van der Waals surface area contributed by atoms with E-state index in [1.807, 2.05) is 13.8 Å². The molecule has 0 heterocycles. The van der Waals surface area contributed by atoms with Crippen LogP contribution in [-0.4, -0.2) is 5.97 Å². The van der Waals surface area contributed by atoms with Gasteiger partial charge in [0.25, 0.3) is 0 Å². The molecule has 2 rings (SSSR count). The fraction of sp³-hybridized carbons (Fsp3) is 0.316. The predicted molar refractivity (Wildman–Crippen MR) is 85.7 cm³/mol. The molecule has 0 unspecified atom stereocenters. The third-order valence-corrected chi connectivity index (χ3v) is 3.64. The van der Waals surface area contributed by atoms with E-state index in [-0.39, 0.29) is 11.1 Å². The number of carbonyl (C=O) groups excluding carboxylic acids is 1. The first-order valence-electron chi connectivity index (χ1n) is 7.95. The molecular formula is C19H19F3O2. The van der Waals surface area contributed by atoms with Crippen molar-refractivity contribution < 1.29 is 22.7 Å². The summed E-state index contributed by atoms with van der Waals surface area (Å²) in [7, 11) is 0. The van der Waals surface area contributed by atoms with Gasteiger partial charge in [-0.05, 0) is 42.2 Å². The van der Waals surface area contributed by atoms with Crippen LogP contribution in [-0.2, 0) is 12.8 Å². The van der Waals surface area contributed by atoms with E-state index in [1.54, 1.807) is 6.07 Å². The van der Waals surface area contributed by atoms with Crippen LogP contribution in [0.3, 0.4) is 0 Å². The van der Waals surface area contributed by atoms with Crippen LogP contribution in [0.2, 0.25) is 0 Å². The number of ether oxygens (including phenoxy) is 1. The fourth-order valence-electron chi connectivity index (χ4n) is 2.44. The molecule has 0 bridgehead atoms. The first kappa shape index (κ1) is 18.0. The van der Waals surface area contributed by atoms with E-state index in [0.717, 1.165) is 12.0 Å². The average Bonchev–Trinajstić information content (AvgIpc) is 2.55. The Kier molecular flexibility index (Phi) is 6.01. The number of carbonyl (C=O) groups is 1. The third-order valence-electron chi connectivity index (χ3n) is 3.64. The largest absolute Gasteiger partial charge is 0.420 e. The van der Waals surface area contributed by atoms with E-state index < -0.39 is 29.2 Å². The molecule has 2 nitrogen and oxygen atoms in total. The van der Waals surface area contributed by atoms with Crippen molar-refractivity contribution in [3.63, 3.8) is 0 Å². The molecule has 0 aromatic heterocycles. The molecule has 0 aliphatic carbocycles. The van der Waals surface area contributed by atoms with E-state index in [0.29, 0.717) is 19.3 Å². The number of rotatable bonds is 6. The molecule has 24 heavy (non-hydrogen) atoms. The van der Waals surface area contributed by atoms with Crippen molar-refractivity contribution in [3.05, 3.63) is 64.5 Å². The van der Waals surface area contributed by atoms with Crippen molar-refractivity contribution in [1.29, 1.82) is 0 Å². The standard InChI is InChI=1S/C19H19F3O2/c1-3-5-12-7-9-14(15(20)11-12)19(23)24-16-10-8-13(6-4-2)17(21)18(16)22/h7-11H,3-6H2,1-2H3. The molecule has 0 saturated heterocycles. The maximum Gasteiger partial charge on any atom is 0.346 e. The molecule has 5 heteroatoms. The average molecular weight is 336 g/mol. The predicted octanol–water partition coefficient (Wildman–Crippen LogP) is 5.23. The molecule has 0 atom stereocenters. The summed E-state index contributed by atoms with van der Waals surface area (Å²) in [4.78, 5) is 12.0. The van der Waals surface area contributed by atoms with Gasteiger partial charge in [-0.15, -0.1) is 0 Å². The van der Waals surface area contributed by atoms with Crippen molar-refractivity contribution in [3.8, 4) is 5.75 Å². The Morgan fingerprint density at radius 1 is 0.958 bits per heavy atom. The molecule has 128 valence electrons. The molecule has 2 aromatic carbocycles. The summed E-state index contributed by atoms with van der Waals surface area (Å²) in [6.45, 7) is 3.80. The van der Waals surface area contributed by atoms with Crippen molar-refractivity contribution in [1.82, 2.24) is 0 Å². The molecule has 0 aliphatic rings. The van der Waals surface area contributed by atoms with Gasteiger partial charge in [-0.1, -0.05) is 38.8 Å². The first-order valence-corrected chi connectivity index (χ1v) is 7.95. The van der Waals surface area contributed by atoms with Gasteiger partial charge < -0.3 is 4.74 Å². The van der Waals surface area contributed by atoms with Gasteiger partial charge in [-0.2, -0.15) is 4.39 Å². The lowest BCUT2D eigenvalue weighted by Crippen LogP contribution is -2.13. The molecule has 0 fully saturated rings. The molecule has 0 N–H and O–H groups in total. The van der Waals surface area contributed by atoms with E-state index >= 15 is 0 Å². The number of benzene rings is 2. The Labute approximate surface area is 139 Å². The highest BCUT2D eigenvalue weighted by molar-refractivity contribution is 5.91. The fourth-order valence-corrected chi connectivity index (χ4v) is 2.44. The molecule has 0 aliphatic heterocycles. The highest BCUT2D eigenvalue weighted by Crippen LogP contribution is 2.25. The minimum atomic E-state index is -1.24. The summed E-state index contributed by atoms with van der Waals surface area (Å²) < 4.78 is 46.7. The van der Waals surface area contributed by atoms with Crippen molar-refractivity contribution >= 4 is 5.97 Å². The number of hydrogen-bond donors (Lipinski definition) is 0. The zero-order valence-corrected chi connectivity index (χ0v) is 13.7. The SMILES string of the molecule is CCCc1ccc(C(=O)Oc2ccc(CCC)c(F)c2F)c(F)c1. The number of esters is 1. The van der Waals surface area contributed by atoms with Crippen LogP contribution >= 0.6 is 0 Å². The second kappa shape index (κ2) is 7.99. The molecule has 0 spiro atoms. The van der Waals surface area contributed by atoms with Gasteiger partial charge in [0.15, 0.2) is 11.6 Å². The van der Waals surface area contributed by atoms with Gasteiger partial charge in [-0.3, -0.25) is 0 Å². The van der Waals surface area contributed by atoms with Gasteiger partial charge >= 0.3 is 5.97 Å². The van der Waals surface area contributed by atoms with Crippen LogP contribution in [0.15, 0.2) is 30.3 Å². The van der Waals surface area contributed by atoms with E-state index in [9.17, 15) is 18.0 Å². The Morgan fingerprint density at radius 3 is 2.29 bits per heavy atom. The summed E-state index contributed by atoms with van der Waals surface area (Å²) in [5, 5.41) is 0. The van der Waals surface area contributed by atoms with Crippen LogP contribution in [0.1, 0.15) is 48.2 Å². The lowest BCUT2D eigenvalue weighted by Gasteiger charge is -2.09. The highest BCUT2D eigenvalue weighted by Gasteiger charge is 2.19. The van der Waals surface area contributed by atoms with Crippen molar-refractivity contribution in [2.45, 2.75) is 39.5 Å². The first-order chi connectivity index (χ1) is 11.5. The minimum absolute atomic E-state index is 0.213. The summed E-state index contributed by atoms with van der Waals surface area (Å²) >= 11 is 0. The van der Waals surface area contributed by atoms with E-state index in [4.69, 9.17) is 4.74 Å². The van der Waals surface area contributed by atoms with Crippen LogP contribution < -0.4 is 4.74 Å². The Morgan fingerprint density at radius 2 is 1.67 bits per heavy atom. The molecule has 0 amide bonds. The summed E-state index contributed by atoms with van der Waals surface area (Å²) in [5.41, 5.74) is 0.657. The van der Waals surface area contributed by atoms with Crippen molar-refractivity contribution in [2.24, 2.45) is 0 Å². The van der Waals surface area contributed by atoms with Crippen molar-refractivity contribution in [2.75, 3.05) is 0 Å². The third kappa shape index (κ3) is 3.96. The molecule has 2 aromatic rings. The highest BCUT2D eigenvalue weighted by atomic mass is 19.2. The topological polar surface area (TPSA) is 26.3 Å². The summed E-state index contributed by atoms with van der Waals surface area (Å²) in [6.07, 6.45) is 2.57. The van der Waals surface area contributed by atoms with Crippen LogP contribution in [0, 0.1) is 17.5 Å². The normalized spacial score (nSPS) is 10.7. The zero-order valence-electron chi connectivity index (χ0n) is 13.7. The van der Waals surface area contributed by atoms with Gasteiger partial charge in [0.05, 0.1) is 5.56 Å². The summed E-state index contributed by atoms with van der Waals surface area (Å²) in [5.74, 6) is -4.63. The van der Waals surface area contributed by atoms with Crippen LogP contribution in [0.4, 0.5) is 13.2 Å². The minimum Gasteiger partial charge on any atom is -0.420 e. The quantitative estimate of drug-likeness (QED) is 0.533. The Hall–Kier alpha value is -2.30. The number of halogens is 3. The van der Waals surface area contributed by atoms with Crippen LogP contribution in [0.25, 0.3) is 0 Å². The summed E-state index contributed by atoms with van der Waals surface area (Å²) in [6, 6.07) is 6.71. The lowest BCUT2D eigenvalue weighted by molar-refractivity contribution is 0.0721. The van der Waals surface area contributed by atoms with E-state index in [2.05, 4.69) is 0 Å². The number of hydrogen-bond acceptors (Lipinski definition) is 2. The van der Waals surface area contributed by atoms with Crippen LogP contribution in [0.5, 0.6) is 5.75 Å². The monoisotopic (exact) mass is 336 g/mol. The lowest BCUT2D eigenvalue weighted by atomic mass is 10.1. The molecular weight excluding hydrogens is 317 g/mol. The molecule has 0 radical (unpaired) electrons. The van der Waals surface area contributed by atoms with Gasteiger partial charge in [0.1, 0.15) is 5.82 Å². The maximum atomic E-state index is 14.0. The van der Waals surface area contributed by atoms with E-state index in [1.165, 1.54) is 24.3 Å². The Balaban J connectivity index is 2.22. The Bertz CT molecular complexity index is 742. The van der Waals surface area contributed by atoms with Gasteiger partial charge in [-0.25, -0.2) is 13.6 Å². The van der Waals surface area contributed by atoms with Gasteiger partial charge in [0, 0.05) is 0 Å². The number of aryl methyl sites for hydroxylation is 2. The second-order valence-corrected chi connectivity index (χ2v) is 5.55. The molecule has 0 saturated carbocycles. The second-order valence-electron chi connectivity index (χ2n) is 5.55. The van der Waals surface area contributed by atoms with Gasteiger partial charge in [0.2, 0.25) is 5.82 Å². The smallest absolute Gasteiger partial charge is 0.346 e. The zero-order chi connectivity index (χ0) is 17.7. The maximum absolute atomic E-state index is 14.0.